The van der Waals surface area contributed by atoms with E-state index in [4.69, 9.17) is 10.5 Å². The maximum Gasteiger partial charge on any atom is 0.115 e. The third kappa shape index (κ3) is 2.02. The summed E-state index contributed by atoms with van der Waals surface area (Å²) in [5, 5.41) is 17.0. The van der Waals surface area contributed by atoms with E-state index < -0.39 is 0 Å². The first-order valence-corrected chi connectivity index (χ1v) is 4.56. The average Bonchev–Trinajstić information content (AvgIpc) is 2.30. The fourth-order valence-corrected chi connectivity index (χ4v) is 1.31. The van der Waals surface area contributed by atoms with Crippen molar-refractivity contribution in [2.45, 2.75) is 0 Å². The van der Waals surface area contributed by atoms with Gasteiger partial charge in [-0.3, -0.25) is 10.4 Å². The lowest BCUT2D eigenvalue weighted by Gasteiger charge is -2.03. The number of aromatic hydroxyl groups is 1. The summed E-state index contributed by atoms with van der Waals surface area (Å²) in [5.74, 6) is 0.206. The molecule has 74 valence electrons. The van der Waals surface area contributed by atoms with E-state index in [1.165, 1.54) is 0 Å². The molecule has 0 aliphatic rings. The van der Waals surface area contributed by atoms with Crippen molar-refractivity contribution < 1.29 is 5.11 Å². The van der Waals surface area contributed by atoms with Crippen molar-refractivity contribution in [2.75, 3.05) is 0 Å². The molecule has 0 saturated carbocycles. The zero-order valence-corrected chi connectivity index (χ0v) is 8.01. The van der Waals surface area contributed by atoms with Crippen molar-refractivity contribution in [3.05, 3.63) is 59.9 Å². The van der Waals surface area contributed by atoms with Gasteiger partial charge in [-0.25, -0.2) is 0 Å². The van der Waals surface area contributed by atoms with Gasteiger partial charge in [-0.1, -0.05) is 0 Å². The first kappa shape index (κ1) is 9.40. The van der Waals surface area contributed by atoms with Crippen LogP contribution in [-0.4, -0.2) is 15.8 Å². The van der Waals surface area contributed by atoms with Crippen LogP contribution in [0.2, 0.25) is 0 Å². The summed E-state index contributed by atoms with van der Waals surface area (Å²) in [6.45, 7) is 0. The van der Waals surface area contributed by atoms with Crippen LogP contribution in [-0.2, 0) is 0 Å². The Kier molecular flexibility index (Phi) is 2.46. The van der Waals surface area contributed by atoms with Crippen LogP contribution in [0.4, 0.5) is 0 Å². The first-order chi connectivity index (χ1) is 7.27. The topological polar surface area (TPSA) is 57.0 Å². The molecule has 3 nitrogen and oxygen atoms in total. The summed E-state index contributed by atoms with van der Waals surface area (Å²) in [7, 11) is 0. The van der Waals surface area contributed by atoms with Crippen LogP contribution >= 0.6 is 0 Å². The maximum atomic E-state index is 9.13. The molecular formula is C12H10N2O. The highest BCUT2D eigenvalue weighted by molar-refractivity contribution is 6.10. The van der Waals surface area contributed by atoms with Gasteiger partial charge in [0.15, 0.2) is 0 Å². The molecule has 0 unspecified atom stereocenters. The molecular weight excluding hydrogens is 188 g/mol. The lowest BCUT2D eigenvalue weighted by atomic mass is 10.0. The van der Waals surface area contributed by atoms with E-state index in [2.05, 4.69) is 4.98 Å². The van der Waals surface area contributed by atoms with Crippen LogP contribution < -0.4 is 0 Å². The second-order valence-electron chi connectivity index (χ2n) is 3.16. The Morgan fingerprint density at radius 3 is 2.40 bits per heavy atom. The number of phenols is 1. The van der Waals surface area contributed by atoms with Gasteiger partial charge in [-0.2, -0.15) is 0 Å². The third-order valence-corrected chi connectivity index (χ3v) is 2.11. The van der Waals surface area contributed by atoms with Crippen LogP contribution in [0.1, 0.15) is 11.1 Å². The number of pyridine rings is 1. The van der Waals surface area contributed by atoms with E-state index in [1.807, 2.05) is 6.07 Å². The summed E-state index contributed by atoms with van der Waals surface area (Å²) in [5.41, 5.74) is 1.94. The summed E-state index contributed by atoms with van der Waals surface area (Å²) in [6, 6.07) is 10.2. The maximum absolute atomic E-state index is 9.13. The molecule has 0 aliphatic heterocycles. The summed E-state index contributed by atoms with van der Waals surface area (Å²) in [6.07, 6.45) is 3.32. The van der Waals surface area contributed by atoms with Gasteiger partial charge in [0.2, 0.25) is 0 Å². The third-order valence-electron chi connectivity index (χ3n) is 2.11. The van der Waals surface area contributed by atoms with Gasteiger partial charge in [0, 0.05) is 23.5 Å². The van der Waals surface area contributed by atoms with Crippen LogP contribution in [0.15, 0.2) is 48.8 Å². The molecule has 1 heterocycles. The van der Waals surface area contributed by atoms with E-state index in [0.29, 0.717) is 5.71 Å². The van der Waals surface area contributed by atoms with E-state index >= 15 is 0 Å². The number of hydrogen-bond acceptors (Lipinski definition) is 3. The normalized spacial score (nSPS) is 9.87. The van der Waals surface area contributed by atoms with E-state index in [1.54, 1.807) is 42.7 Å². The largest absolute Gasteiger partial charge is 0.508 e. The molecule has 0 saturated heterocycles. The van der Waals surface area contributed by atoms with Gasteiger partial charge < -0.3 is 5.11 Å². The minimum atomic E-state index is 0.206. The Morgan fingerprint density at radius 1 is 1.07 bits per heavy atom. The van der Waals surface area contributed by atoms with Gasteiger partial charge in [-0.15, -0.1) is 0 Å². The van der Waals surface area contributed by atoms with Gasteiger partial charge in [0.05, 0.1) is 5.71 Å². The van der Waals surface area contributed by atoms with Crippen molar-refractivity contribution >= 4 is 5.71 Å². The molecule has 0 fully saturated rings. The Balaban J connectivity index is 2.33. The highest BCUT2D eigenvalue weighted by Gasteiger charge is 2.03. The Morgan fingerprint density at radius 2 is 1.80 bits per heavy atom. The average molecular weight is 198 g/mol. The Labute approximate surface area is 87.6 Å². The number of benzene rings is 1. The van der Waals surface area contributed by atoms with Crippen LogP contribution in [0.5, 0.6) is 5.75 Å². The quantitative estimate of drug-likeness (QED) is 0.727. The molecule has 0 bridgehead atoms. The predicted molar refractivity (Wildman–Crippen MR) is 58.3 cm³/mol. The van der Waals surface area contributed by atoms with E-state index in [9.17, 15) is 0 Å². The van der Waals surface area contributed by atoms with Crippen LogP contribution in [0.3, 0.4) is 0 Å². The Bertz CT molecular complexity index is 463. The molecule has 3 heteroatoms. The number of aromatic nitrogens is 1. The van der Waals surface area contributed by atoms with E-state index in [-0.39, 0.29) is 5.75 Å². The summed E-state index contributed by atoms with van der Waals surface area (Å²) < 4.78 is 0. The van der Waals surface area contributed by atoms with Crippen LogP contribution in [0, 0.1) is 5.41 Å². The highest BCUT2D eigenvalue weighted by atomic mass is 16.3. The monoisotopic (exact) mass is 198 g/mol. The number of rotatable bonds is 2. The summed E-state index contributed by atoms with van der Waals surface area (Å²) >= 11 is 0. The lowest BCUT2D eigenvalue weighted by Crippen LogP contribution is -2.00. The molecule has 15 heavy (non-hydrogen) atoms. The fraction of sp³-hybridized carbons (Fsp3) is 0. The van der Waals surface area contributed by atoms with Crippen molar-refractivity contribution in [3.63, 3.8) is 0 Å². The molecule has 2 aromatic rings. The zero-order valence-electron chi connectivity index (χ0n) is 8.01. The minimum absolute atomic E-state index is 0.206. The van der Waals surface area contributed by atoms with E-state index in [0.717, 1.165) is 11.1 Å². The Hall–Kier alpha value is -2.16. The van der Waals surface area contributed by atoms with Crippen molar-refractivity contribution in [2.24, 2.45) is 0 Å². The molecule has 2 N–H and O–H groups in total. The number of phenolic OH excluding ortho intramolecular Hbond substituents is 1. The SMILES string of the molecule is N=C(c1ccc(O)cc1)c1cccnc1. The molecule has 0 atom stereocenters. The van der Waals surface area contributed by atoms with Gasteiger partial charge in [0.1, 0.15) is 5.75 Å². The van der Waals surface area contributed by atoms with Crippen molar-refractivity contribution in [1.29, 1.82) is 5.41 Å². The standard InChI is InChI=1S/C12H10N2O/c13-12(10-2-1-7-14-8-10)9-3-5-11(15)6-4-9/h1-8,13,15H. The molecule has 1 aromatic carbocycles. The summed E-state index contributed by atoms with van der Waals surface area (Å²) in [4.78, 5) is 3.96. The van der Waals surface area contributed by atoms with Gasteiger partial charge in [0.25, 0.3) is 0 Å². The number of hydrogen-bond donors (Lipinski definition) is 2. The first-order valence-electron chi connectivity index (χ1n) is 4.56. The fourth-order valence-electron chi connectivity index (χ4n) is 1.31. The minimum Gasteiger partial charge on any atom is -0.508 e. The second-order valence-corrected chi connectivity index (χ2v) is 3.16. The molecule has 0 amide bonds. The highest BCUT2D eigenvalue weighted by Crippen LogP contribution is 2.13. The lowest BCUT2D eigenvalue weighted by molar-refractivity contribution is 0.475. The molecule has 0 spiro atoms. The smallest absolute Gasteiger partial charge is 0.115 e. The van der Waals surface area contributed by atoms with Gasteiger partial charge >= 0.3 is 0 Å². The number of nitrogens with one attached hydrogen (secondary N) is 1. The molecule has 0 radical (unpaired) electrons. The van der Waals surface area contributed by atoms with Crippen molar-refractivity contribution in [3.8, 4) is 5.75 Å². The van der Waals surface area contributed by atoms with Crippen LogP contribution in [0.25, 0.3) is 0 Å². The molecule has 1 aromatic heterocycles. The zero-order chi connectivity index (χ0) is 10.7. The van der Waals surface area contributed by atoms with Gasteiger partial charge in [-0.05, 0) is 36.4 Å². The predicted octanol–water partition coefficient (Wildman–Crippen LogP) is 2.20. The second kappa shape index (κ2) is 3.92. The molecule has 2 rings (SSSR count). The van der Waals surface area contributed by atoms with Crippen molar-refractivity contribution in [1.82, 2.24) is 4.98 Å². The molecule has 0 aliphatic carbocycles. The number of nitrogens with zero attached hydrogens (tertiary/aromatic N) is 1.